The number of aryl methyl sites for hydroxylation is 2. The summed E-state index contributed by atoms with van der Waals surface area (Å²) in [6.07, 6.45) is 2.00. The number of amides is 2. The summed E-state index contributed by atoms with van der Waals surface area (Å²) in [7, 11) is 0. The van der Waals surface area contributed by atoms with E-state index in [4.69, 9.17) is 0 Å². The van der Waals surface area contributed by atoms with Gasteiger partial charge in [0.15, 0.2) is 0 Å². The number of anilines is 1. The van der Waals surface area contributed by atoms with Gasteiger partial charge < -0.3 is 15.2 Å². The van der Waals surface area contributed by atoms with E-state index in [1.54, 1.807) is 11.8 Å². The van der Waals surface area contributed by atoms with Crippen molar-refractivity contribution in [2.75, 3.05) is 18.1 Å². The number of thioether (sulfide) groups is 1. The number of carbonyl (C=O) groups is 2. The number of aromatic nitrogens is 2. The average Bonchev–Trinajstić information content (AvgIpc) is 3.01. The third-order valence-corrected chi connectivity index (χ3v) is 5.05. The molecule has 1 aromatic heterocycles. The highest BCUT2D eigenvalue weighted by Crippen LogP contribution is 2.20. The van der Waals surface area contributed by atoms with Crippen LogP contribution in [-0.2, 0) is 21.9 Å². The van der Waals surface area contributed by atoms with E-state index >= 15 is 0 Å². The largest absolute Gasteiger partial charge is 0.345 e. The lowest BCUT2D eigenvalue weighted by Gasteiger charge is -2.12. The molecule has 0 radical (unpaired) electrons. The average molecular weight is 397 g/mol. The number of carbonyl (C=O) groups excluding carboxylic acids is 2. The molecule has 0 saturated heterocycles. The number of nitrogens with zero attached hydrogens (tertiary/aromatic N) is 2. The molecule has 0 unspecified atom stereocenters. The standard InChI is InChI=1S/C21H24N4O2S/c1-14-7-6-8-15(2)21(14)24-19(26)11-22-20(27)12-25-17-10-5-4-9-16(17)23-18(25)13-28-3/h4-10H,11-13H2,1-3H3,(H,22,27)(H,24,26). The minimum Gasteiger partial charge on any atom is -0.345 e. The highest BCUT2D eigenvalue weighted by molar-refractivity contribution is 7.97. The number of rotatable bonds is 7. The Morgan fingerprint density at radius 2 is 1.75 bits per heavy atom. The van der Waals surface area contributed by atoms with E-state index in [-0.39, 0.29) is 24.9 Å². The van der Waals surface area contributed by atoms with Crippen LogP contribution < -0.4 is 10.6 Å². The van der Waals surface area contributed by atoms with Crippen LogP contribution in [0, 0.1) is 13.8 Å². The maximum absolute atomic E-state index is 12.5. The lowest BCUT2D eigenvalue weighted by atomic mass is 10.1. The van der Waals surface area contributed by atoms with Crippen molar-refractivity contribution in [3.05, 3.63) is 59.4 Å². The summed E-state index contributed by atoms with van der Waals surface area (Å²) in [6, 6.07) is 13.6. The van der Waals surface area contributed by atoms with Crippen LogP contribution in [0.2, 0.25) is 0 Å². The number of para-hydroxylation sites is 3. The van der Waals surface area contributed by atoms with Crippen molar-refractivity contribution in [3.8, 4) is 0 Å². The van der Waals surface area contributed by atoms with Gasteiger partial charge >= 0.3 is 0 Å². The monoisotopic (exact) mass is 396 g/mol. The van der Waals surface area contributed by atoms with E-state index in [0.717, 1.165) is 39.4 Å². The molecule has 3 rings (SSSR count). The normalized spacial score (nSPS) is 10.8. The fraction of sp³-hybridized carbons (Fsp3) is 0.286. The summed E-state index contributed by atoms with van der Waals surface area (Å²) >= 11 is 1.65. The van der Waals surface area contributed by atoms with E-state index < -0.39 is 0 Å². The van der Waals surface area contributed by atoms with E-state index in [1.807, 2.05) is 67.1 Å². The van der Waals surface area contributed by atoms with Crippen LogP contribution in [0.4, 0.5) is 5.69 Å². The number of hydrogen-bond acceptors (Lipinski definition) is 4. The molecular formula is C21H24N4O2S. The van der Waals surface area contributed by atoms with Crippen LogP contribution >= 0.6 is 11.8 Å². The minimum atomic E-state index is -0.245. The lowest BCUT2D eigenvalue weighted by Crippen LogP contribution is -2.35. The number of nitrogens with one attached hydrogen (secondary N) is 2. The molecule has 2 aromatic carbocycles. The summed E-state index contributed by atoms with van der Waals surface area (Å²) < 4.78 is 1.91. The first kappa shape index (κ1) is 19.9. The second-order valence-corrected chi connectivity index (χ2v) is 7.49. The maximum atomic E-state index is 12.5. The first-order valence-electron chi connectivity index (χ1n) is 9.05. The zero-order chi connectivity index (χ0) is 20.1. The second-order valence-electron chi connectivity index (χ2n) is 6.63. The van der Waals surface area contributed by atoms with Gasteiger partial charge in [0.2, 0.25) is 11.8 Å². The first-order valence-corrected chi connectivity index (χ1v) is 10.4. The van der Waals surface area contributed by atoms with Crippen LogP contribution in [-0.4, -0.2) is 34.2 Å². The Hall–Kier alpha value is -2.80. The van der Waals surface area contributed by atoms with Crippen molar-refractivity contribution >= 4 is 40.3 Å². The highest BCUT2D eigenvalue weighted by Gasteiger charge is 2.14. The topological polar surface area (TPSA) is 76.0 Å². The molecule has 0 saturated carbocycles. The summed E-state index contributed by atoms with van der Waals surface area (Å²) in [5, 5.41) is 5.59. The number of fused-ring (bicyclic) bond motifs is 1. The SMILES string of the molecule is CSCc1nc2ccccc2n1CC(=O)NCC(=O)Nc1c(C)cccc1C. The molecule has 146 valence electrons. The molecule has 0 aliphatic heterocycles. The van der Waals surface area contributed by atoms with Crippen LogP contribution in [0.1, 0.15) is 17.0 Å². The molecule has 7 heteroatoms. The Balaban J connectivity index is 1.64. The molecule has 0 bridgehead atoms. The maximum Gasteiger partial charge on any atom is 0.243 e. The predicted octanol–water partition coefficient (Wildman–Crippen LogP) is 3.27. The Labute approximate surface area is 168 Å². The molecule has 0 atom stereocenters. The van der Waals surface area contributed by atoms with Crippen molar-refractivity contribution in [2.45, 2.75) is 26.1 Å². The Bertz CT molecular complexity index is 993. The zero-order valence-corrected chi connectivity index (χ0v) is 17.1. The van der Waals surface area contributed by atoms with Crippen LogP contribution in [0.5, 0.6) is 0 Å². The second kappa shape index (κ2) is 8.93. The van der Waals surface area contributed by atoms with E-state index in [0.29, 0.717) is 0 Å². The summed E-state index contributed by atoms with van der Waals surface area (Å²) in [5.41, 5.74) is 4.57. The molecule has 2 amide bonds. The van der Waals surface area contributed by atoms with Gasteiger partial charge in [-0.05, 0) is 43.4 Å². The van der Waals surface area contributed by atoms with Crippen molar-refractivity contribution < 1.29 is 9.59 Å². The molecule has 28 heavy (non-hydrogen) atoms. The molecule has 1 heterocycles. The quantitative estimate of drug-likeness (QED) is 0.643. The zero-order valence-electron chi connectivity index (χ0n) is 16.3. The predicted molar refractivity (Wildman–Crippen MR) is 115 cm³/mol. The summed E-state index contributed by atoms with van der Waals surface area (Å²) in [5.74, 6) is 1.10. The van der Waals surface area contributed by atoms with Gasteiger partial charge in [0.1, 0.15) is 12.4 Å². The Morgan fingerprint density at radius 3 is 2.46 bits per heavy atom. The van der Waals surface area contributed by atoms with Crippen LogP contribution in [0.25, 0.3) is 11.0 Å². The van der Waals surface area contributed by atoms with Gasteiger partial charge in [-0.1, -0.05) is 30.3 Å². The smallest absolute Gasteiger partial charge is 0.243 e. The number of imidazole rings is 1. The Kier molecular flexibility index (Phi) is 6.36. The fourth-order valence-electron chi connectivity index (χ4n) is 3.11. The van der Waals surface area contributed by atoms with Gasteiger partial charge in [-0.25, -0.2) is 4.98 Å². The molecule has 3 aromatic rings. The van der Waals surface area contributed by atoms with Gasteiger partial charge in [-0.2, -0.15) is 11.8 Å². The summed E-state index contributed by atoms with van der Waals surface area (Å²) in [4.78, 5) is 29.3. The van der Waals surface area contributed by atoms with Crippen LogP contribution in [0.3, 0.4) is 0 Å². The molecule has 2 N–H and O–H groups in total. The third kappa shape index (κ3) is 4.54. The van der Waals surface area contributed by atoms with E-state index in [9.17, 15) is 9.59 Å². The van der Waals surface area contributed by atoms with Crippen molar-refractivity contribution in [2.24, 2.45) is 0 Å². The molecule has 0 fully saturated rings. The lowest BCUT2D eigenvalue weighted by molar-refractivity contribution is -0.124. The van der Waals surface area contributed by atoms with E-state index in [2.05, 4.69) is 15.6 Å². The first-order chi connectivity index (χ1) is 13.5. The van der Waals surface area contributed by atoms with Gasteiger partial charge in [-0.3, -0.25) is 9.59 Å². The summed E-state index contributed by atoms with van der Waals surface area (Å²) in [6.45, 7) is 3.95. The van der Waals surface area contributed by atoms with Gasteiger partial charge in [0, 0.05) is 5.69 Å². The number of benzene rings is 2. The van der Waals surface area contributed by atoms with Crippen molar-refractivity contribution in [3.63, 3.8) is 0 Å². The number of hydrogen-bond donors (Lipinski definition) is 2. The molecule has 6 nitrogen and oxygen atoms in total. The van der Waals surface area contributed by atoms with Gasteiger partial charge in [0.25, 0.3) is 0 Å². The van der Waals surface area contributed by atoms with E-state index in [1.165, 1.54) is 0 Å². The molecule has 0 aliphatic rings. The third-order valence-electron chi connectivity index (χ3n) is 4.50. The van der Waals surface area contributed by atoms with Crippen LogP contribution in [0.15, 0.2) is 42.5 Å². The molecule has 0 aliphatic carbocycles. The fourth-order valence-corrected chi connectivity index (χ4v) is 3.59. The van der Waals surface area contributed by atoms with Gasteiger partial charge in [-0.15, -0.1) is 0 Å². The Morgan fingerprint density at radius 1 is 1.04 bits per heavy atom. The van der Waals surface area contributed by atoms with Crippen molar-refractivity contribution in [1.82, 2.24) is 14.9 Å². The molecule has 0 spiro atoms. The van der Waals surface area contributed by atoms with Gasteiger partial charge in [0.05, 0.1) is 23.3 Å². The highest BCUT2D eigenvalue weighted by atomic mass is 32.2. The molecular weight excluding hydrogens is 372 g/mol. The van der Waals surface area contributed by atoms with Crippen molar-refractivity contribution in [1.29, 1.82) is 0 Å². The minimum absolute atomic E-state index is 0.0723.